The summed E-state index contributed by atoms with van der Waals surface area (Å²) in [6.07, 6.45) is 2.84. The standard InChI is InChI=1S/C15H22N2O3/c1-3-4-8-17(2)9-7-15(18)16-12-5-6-13-14(10-12)20-11-19-13/h5-6,10H,3-4,7-9,11H2,1-2H3,(H,16,18). The van der Waals surface area contributed by atoms with E-state index < -0.39 is 0 Å². The number of anilines is 1. The highest BCUT2D eigenvalue weighted by Gasteiger charge is 2.14. The summed E-state index contributed by atoms with van der Waals surface area (Å²) in [4.78, 5) is 14.1. The molecule has 0 saturated carbocycles. The summed E-state index contributed by atoms with van der Waals surface area (Å²) >= 11 is 0. The van der Waals surface area contributed by atoms with E-state index in [0.717, 1.165) is 24.5 Å². The number of hydrogen-bond acceptors (Lipinski definition) is 4. The lowest BCUT2D eigenvalue weighted by Crippen LogP contribution is -2.25. The number of unbranched alkanes of at least 4 members (excludes halogenated alkanes) is 1. The first-order valence-corrected chi connectivity index (χ1v) is 7.07. The molecule has 1 aromatic rings. The van der Waals surface area contributed by atoms with Crippen molar-refractivity contribution in [3.63, 3.8) is 0 Å². The van der Waals surface area contributed by atoms with Crippen molar-refractivity contribution in [2.45, 2.75) is 26.2 Å². The van der Waals surface area contributed by atoms with Gasteiger partial charge in [-0.3, -0.25) is 4.79 Å². The monoisotopic (exact) mass is 278 g/mol. The van der Waals surface area contributed by atoms with Gasteiger partial charge in [0.1, 0.15) is 0 Å². The highest BCUT2D eigenvalue weighted by molar-refractivity contribution is 5.91. The quantitative estimate of drug-likeness (QED) is 0.832. The van der Waals surface area contributed by atoms with Crippen LogP contribution in [-0.4, -0.2) is 37.7 Å². The number of carbonyl (C=O) groups is 1. The van der Waals surface area contributed by atoms with Gasteiger partial charge in [0.25, 0.3) is 0 Å². The van der Waals surface area contributed by atoms with Crippen LogP contribution in [0, 0.1) is 0 Å². The topological polar surface area (TPSA) is 50.8 Å². The summed E-state index contributed by atoms with van der Waals surface area (Å²) < 4.78 is 10.5. The number of nitrogens with zero attached hydrogens (tertiary/aromatic N) is 1. The molecule has 0 fully saturated rings. The van der Waals surface area contributed by atoms with Gasteiger partial charge in [-0.2, -0.15) is 0 Å². The molecular weight excluding hydrogens is 256 g/mol. The zero-order valence-corrected chi connectivity index (χ0v) is 12.1. The van der Waals surface area contributed by atoms with Crippen LogP contribution in [0.1, 0.15) is 26.2 Å². The maximum atomic E-state index is 11.9. The number of rotatable bonds is 7. The molecule has 5 heteroatoms. The van der Waals surface area contributed by atoms with E-state index in [1.807, 2.05) is 19.2 Å². The van der Waals surface area contributed by atoms with Crippen molar-refractivity contribution in [2.24, 2.45) is 0 Å². The Morgan fingerprint density at radius 1 is 1.30 bits per heavy atom. The van der Waals surface area contributed by atoms with E-state index in [0.29, 0.717) is 12.2 Å². The van der Waals surface area contributed by atoms with Crippen LogP contribution in [0.5, 0.6) is 11.5 Å². The molecule has 1 heterocycles. The second-order valence-corrected chi connectivity index (χ2v) is 5.02. The van der Waals surface area contributed by atoms with Crippen LogP contribution >= 0.6 is 0 Å². The molecule has 1 aliphatic rings. The molecule has 0 atom stereocenters. The Kier molecular flexibility index (Phi) is 5.24. The molecule has 0 spiro atoms. The van der Waals surface area contributed by atoms with Crippen molar-refractivity contribution in [1.82, 2.24) is 4.90 Å². The maximum absolute atomic E-state index is 11.9. The van der Waals surface area contributed by atoms with Crippen molar-refractivity contribution in [3.05, 3.63) is 18.2 Å². The number of nitrogens with one attached hydrogen (secondary N) is 1. The second-order valence-electron chi connectivity index (χ2n) is 5.02. The van der Waals surface area contributed by atoms with Gasteiger partial charge in [-0.1, -0.05) is 13.3 Å². The number of ether oxygens (including phenoxy) is 2. The van der Waals surface area contributed by atoms with E-state index in [-0.39, 0.29) is 12.7 Å². The summed E-state index contributed by atoms with van der Waals surface area (Å²) in [7, 11) is 2.05. The molecule has 0 unspecified atom stereocenters. The predicted octanol–water partition coefficient (Wildman–Crippen LogP) is 2.48. The van der Waals surface area contributed by atoms with Crippen LogP contribution in [0.2, 0.25) is 0 Å². The van der Waals surface area contributed by atoms with E-state index in [4.69, 9.17) is 9.47 Å². The Hall–Kier alpha value is -1.75. The van der Waals surface area contributed by atoms with E-state index in [2.05, 4.69) is 17.1 Å². The smallest absolute Gasteiger partial charge is 0.231 e. The molecule has 0 saturated heterocycles. The van der Waals surface area contributed by atoms with Crippen molar-refractivity contribution in [3.8, 4) is 11.5 Å². The molecule has 20 heavy (non-hydrogen) atoms. The molecule has 5 nitrogen and oxygen atoms in total. The number of hydrogen-bond donors (Lipinski definition) is 1. The molecule has 1 N–H and O–H groups in total. The lowest BCUT2D eigenvalue weighted by Gasteiger charge is -2.15. The van der Waals surface area contributed by atoms with Crippen LogP contribution in [-0.2, 0) is 4.79 Å². The summed E-state index contributed by atoms with van der Waals surface area (Å²) in [6, 6.07) is 5.43. The molecule has 1 aliphatic heterocycles. The first-order valence-electron chi connectivity index (χ1n) is 7.07. The van der Waals surface area contributed by atoms with Crippen LogP contribution in [0.25, 0.3) is 0 Å². The Balaban J connectivity index is 1.77. The molecule has 0 bridgehead atoms. The van der Waals surface area contributed by atoms with Crippen molar-refractivity contribution < 1.29 is 14.3 Å². The third-order valence-corrected chi connectivity index (χ3v) is 3.27. The summed E-state index contributed by atoms with van der Waals surface area (Å²) in [5.74, 6) is 1.43. The molecule has 0 aromatic heterocycles. The summed E-state index contributed by atoms with van der Waals surface area (Å²) in [6.45, 7) is 4.22. The fraction of sp³-hybridized carbons (Fsp3) is 0.533. The van der Waals surface area contributed by atoms with Crippen molar-refractivity contribution in [1.29, 1.82) is 0 Å². The van der Waals surface area contributed by atoms with E-state index in [1.165, 1.54) is 12.8 Å². The van der Waals surface area contributed by atoms with Gasteiger partial charge in [0.15, 0.2) is 11.5 Å². The first-order chi connectivity index (χ1) is 9.69. The molecule has 0 radical (unpaired) electrons. The van der Waals surface area contributed by atoms with Gasteiger partial charge >= 0.3 is 0 Å². The van der Waals surface area contributed by atoms with E-state index in [1.54, 1.807) is 6.07 Å². The number of carbonyl (C=O) groups excluding carboxylic acids is 1. The van der Waals surface area contributed by atoms with Gasteiger partial charge in [-0.25, -0.2) is 0 Å². The average Bonchev–Trinajstić information content (AvgIpc) is 2.90. The average molecular weight is 278 g/mol. The highest BCUT2D eigenvalue weighted by atomic mass is 16.7. The minimum absolute atomic E-state index is 0.0206. The zero-order valence-electron chi connectivity index (χ0n) is 12.1. The number of amides is 1. The lowest BCUT2D eigenvalue weighted by atomic mass is 10.2. The van der Waals surface area contributed by atoms with Crippen LogP contribution in [0.4, 0.5) is 5.69 Å². The van der Waals surface area contributed by atoms with Crippen LogP contribution in [0.15, 0.2) is 18.2 Å². The maximum Gasteiger partial charge on any atom is 0.231 e. The zero-order chi connectivity index (χ0) is 14.4. The Morgan fingerprint density at radius 3 is 2.90 bits per heavy atom. The normalized spacial score (nSPS) is 12.8. The van der Waals surface area contributed by atoms with Gasteiger partial charge in [-0.05, 0) is 32.1 Å². The third-order valence-electron chi connectivity index (χ3n) is 3.27. The highest BCUT2D eigenvalue weighted by Crippen LogP contribution is 2.34. The Bertz CT molecular complexity index is 462. The van der Waals surface area contributed by atoms with Gasteiger partial charge < -0.3 is 19.7 Å². The number of benzene rings is 1. The van der Waals surface area contributed by atoms with Crippen molar-refractivity contribution >= 4 is 11.6 Å². The van der Waals surface area contributed by atoms with E-state index >= 15 is 0 Å². The minimum Gasteiger partial charge on any atom is -0.454 e. The molecule has 110 valence electrons. The van der Waals surface area contributed by atoms with Gasteiger partial charge in [-0.15, -0.1) is 0 Å². The Labute approximate surface area is 119 Å². The van der Waals surface area contributed by atoms with E-state index in [9.17, 15) is 4.79 Å². The SMILES string of the molecule is CCCCN(C)CCC(=O)Nc1ccc2c(c1)OCO2. The molecular formula is C15H22N2O3. The van der Waals surface area contributed by atoms with Gasteiger partial charge in [0.2, 0.25) is 12.7 Å². The van der Waals surface area contributed by atoms with Gasteiger partial charge in [0, 0.05) is 24.7 Å². The molecule has 0 aliphatic carbocycles. The predicted molar refractivity (Wildman–Crippen MR) is 78.2 cm³/mol. The minimum atomic E-state index is 0.0206. The molecule has 1 amide bonds. The third kappa shape index (κ3) is 4.13. The van der Waals surface area contributed by atoms with Gasteiger partial charge in [0.05, 0.1) is 0 Å². The lowest BCUT2D eigenvalue weighted by molar-refractivity contribution is -0.116. The summed E-state index contributed by atoms with van der Waals surface area (Å²) in [5, 5.41) is 2.88. The second kappa shape index (κ2) is 7.14. The fourth-order valence-electron chi connectivity index (χ4n) is 2.03. The first kappa shape index (κ1) is 14.7. The molecule has 1 aromatic carbocycles. The fourth-order valence-corrected chi connectivity index (χ4v) is 2.03. The molecule has 2 rings (SSSR count). The van der Waals surface area contributed by atoms with Crippen LogP contribution < -0.4 is 14.8 Å². The van der Waals surface area contributed by atoms with Crippen LogP contribution in [0.3, 0.4) is 0 Å². The summed E-state index contributed by atoms with van der Waals surface area (Å²) in [5.41, 5.74) is 0.746. The largest absolute Gasteiger partial charge is 0.454 e. The van der Waals surface area contributed by atoms with Crippen molar-refractivity contribution in [2.75, 3.05) is 32.2 Å². The Morgan fingerprint density at radius 2 is 2.10 bits per heavy atom. The number of fused-ring (bicyclic) bond motifs is 1.